The molecule has 1 aromatic heterocycles. The highest BCUT2D eigenvalue weighted by atomic mass is 19.1. The Morgan fingerprint density at radius 1 is 1.36 bits per heavy atom. The van der Waals surface area contributed by atoms with Gasteiger partial charge in [0, 0.05) is 37.0 Å². The van der Waals surface area contributed by atoms with Gasteiger partial charge in [0.1, 0.15) is 23.6 Å². The summed E-state index contributed by atoms with van der Waals surface area (Å²) in [6.07, 6.45) is 0.0816. The summed E-state index contributed by atoms with van der Waals surface area (Å²) in [5.41, 5.74) is 1.07. The molecule has 2 aromatic rings. The molecule has 3 rings (SSSR count). The molecule has 1 aromatic carbocycles. The van der Waals surface area contributed by atoms with Crippen LogP contribution in [0.25, 0.3) is 0 Å². The first kappa shape index (κ1) is 26.9. The Labute approximate surface area is 209 Å². The zero-order chi connectivity index (χ0) is 26.4. The second-order valence-corrected chi connectivity index (χ2v) is 8.96. The average molecular weight is 499 g/mol. The highest BCUT2D eigenvalue weighted by Gasteiger charge is 2.34. The van der Waals surface area contributed by atoms with Crippen molar-refractivity contribution < 1.29 is 28.9 Å². The van der Waals surface area contributed by atoms with Crippen LogP contribution in [0.1, 0.15) is 36.7 Å². The number of amides is 3. The lowest BCUT2D eigenvalue weighted by molar-refractivity contribution is 0.0356. The Hall–Kier alpha value is -3.68. The van der Waals surface area contributed by atoms with Crippen LogP contribution in [0.15, 0.2) is 36.5 Å². The maximum atomic E-state index is 13.4. The maximum absolute atomic E-state index is 13.4. The van der Waals surface area contributed by atoms with Crippen molar-refractivity contribution >= 4 is 17.6 Å². The first-order chi connectivity index (χ1) is 17.1. The van der Waals surface area contributed by atoms with Gasteiger partial charge in [-0.15, -0.1) is 0 Å². The van der Waals surface area contributed by atoms with Gasteiger partial charge in [0.25, 0.3) is 5.91 Å². The quantitative estimate of drug-likeness (QED) is 0.545. The first-order valence-corrected chi connectivity index (χ1v) is 11.6. The molecule has 0 radical (unpaired) electrons. The molecule has 36 heavy (non-hydrogen) atoms. The number of rotatable bonds is 5. The van der Waals surface area contributed by atoms with Crippen molar-refractivity contribution in [2.75, 3.05) is 32.1 Å². The number of carbonyl (C=O) groups is 2. The molecule has 0 bridgehead atoms. The van der Waals surface area contributed by atoms with Crippen molar-refractivity contribution in [3.63, 3.8) is 0 Å². The lowest BCUT2D eigenvalue weighted by Gasteiger charge is -2.37. The van der Waals surface area contributed by atoms with E-state index in [1.54, 1.807) is 24.9 Å². The molecule has 3 amide bonds. The minimum atomic E-state index is -0.841. The number of hydrogen-bond donors (Lipinski definition) is 3. The molecule has 2 heterocycles. The van der Waals surface area contributed by atoms with Crippen LogP contribution in [-0.4, -0.2) is 81.9 Å². The summed E-state index contributed by atoms with van der Waals surface area (Å²) in [4.78, 5) is 33.4. The molecule has 4 atom stereocenters. The van der Waals surface area contributed by atoms with Gasteiger partial charge in [-0.05, 0) is 44.2 Å². The van der Waals surface area contributed by atoms with Crippen LogP contribution in [0.4, 0.5) is 14.9 Å². The number of anilines is 1. The fourth-order valence-corrected chi connectivity index (χ4v) is 3.68. The van der Waals surface area contributed by atoms with Crippen LogP contribution in [0.2, 0.25) is 0 Å². The monoisotopic (exact) mass is 498 g/mol. The van der Waals surface area contributed by atoms with Crippen LogP contribution in [0.5, 0.6) is 5.88 Å². The van der Waals surface area contributed by atoms with Gasteiger partial charge in [0.2, 0.25) is 5.88 Å². The Balaban J connectivity index is 1.87. The van der Waals surface area contributed by atoms with Crippen LogP contribution < -0.4 is 10.1 Å². The second-order valence-electron chi connectivity index (χ2n) is 8.96. The Kier molecular flexibility index (Phi) is 8.85. The molecule has 0 fully saturated rings. The number of aliphatic hydroxyl groups excluding tert-OH is 2. The standard InChI is InChI=1S/C26H31FN4O5/c1-16-13-31(17(2)15-32)25(34)22-11-19(6-5-18(3)33)12-28-24(22)36-23(16)14-30(4)26(35)29-21-9-7-20(27)8-10-21/h7-12,16-18,23,32-33H,13-15H2,1-4H3,(H,29,35)/t16-,17+,18+,23+/m1/s1. The number of nitrogens with one attached hydrogen (secondary N) is 1. The van der Waals surface area contributed by atoms with Gasteiger partial charge < -0.3 is 30.1 Å². The number of ether oxygens (including phenoxy) is 1. The van der Waals surface area contributed by atoms with Gasteiger partial charge >= 0.3 is 6.03 Å². The number of aromatic nitrogens is 1. The number of carbonyl (C=O) groups excluding carboxylic acids is 2. The van der Waals surface area contributed by atoms with E-state index in [0.29, 0.717) is 11.3 Å². The van der Waals surface area contributed by atoms with Crippen LogP contribution >= 0.6 is 0 Å². The van der Waals surface area contributed by atoms with E-state index in [4.69, 9.17) is 4.74 Å². The third-order valence-electron chi connectivity index (χ3n) is 5.84. The van der Waals surface area contributed by atoms with Gasteiger partial charge in [0.15, 0.2) is 0 Å². The number of pyridine rings is 1. The molecule has 192 valence electrons. The number of nitrogens with zero attached hydrogens (tertiary/aromatic N) is 3. The number of urea groups is 1. The highest BCUT2D eigenvalue weighted by Crippen LogP contribution is 2.27. The predicted octanol–water partition coefficient (Wildman–Crippen LogP) is 2.34. The van der Waals surface area contributed by atoms with Crippen molar-refractivity contribution in [3.8, 4) is 17.7 Å². The first-order valence-electron chi connectivity index (χ1n) is 11.6. The molecule has 1 aliphatic rings. The smallest absolute Gasteiger partial charge is 0.321 e. The fraction of sp³-hybridized carbons (Fsp3) is 0.423. The van der Waals surface area contributed by atoms with E-state index in [2.05, 4.69) is 22.1 Å². The number of benzene rings is 1. The van der Waals surface area contributed by atoms with Crippen molar-refractivity contribution in [1.82, 2.24) is 14.8 Å². The Morgan fingerprint density at radius 3 is 2.69 bits per heavy atom. The molecular weight excluding hydrogens is 467 g/mol. The highest BCUT2D eigenvalue weighted by molar-refractivity contribution is 5.97. The minimum Gasteiger partial charge on any atom is -0.472 e. The number of hydrogen-bond acceptors (Lipinski definition) is 6. The lowest BCUT2D eigenvalue weighted by atomic mass is 10.00. The van der Waals surface area contributed by atoms with Crippen LogP contribution in [0, 0.1) is 23.6 Å². The number of aliphatic hydroxyl groups is 2. The minimum absolute atomic E-state index is 0.0987. The summed E-state index contributed by atoms with van der Waals surface area (Å²) in [5, 5.41) is 21.9. The van der Waals surface area contributed by atoms with E-state index in [1.807, 2.05) is 6.92 Å². The molecule has 3 N–H and O–H groups in total. The van der Waals surface area contributed by atoms with Crippen molar-refractivity contribution in [2.24, 2.45) is 5.92 Å². The van der Waals surface area contributed by atoms with Crippen molar-refractivity contribution in [3.05, 3.63) is 53.5 Å². The summed E-state index contributed by atoms with van der Waals surface area (Å²) in [6.45, 7) is 5.40. The molecule has 0 saturated carbocycles. The normalized spacial score (nSPS) is 19.0. The zero-order valence-electron chi connectivity index (χ0n) is 20.7. The molecule has 0 spiro atoms. The number of halogens is 1. The van der Waals surface area contributed by atoms with Crippen LogP contribution in [-0.2, 0) is 0 Å². The SMILES string of the molecule is C[C@H](O)C#Cc1cnc2c(c1)C(=O)N([C@@H](C)CO)C[C@@H](C)[C@H](CN(C)C(=O)Nc1ccc(F)cc1)O2. The third kappa shape index (κ3) is 6.71. The molecule has 0 saturated heterocycles. The lowest BCUT2D eigenvalue weighted by Crippen LogP contribution is -2.50. The van der Waals surface area contributed by atoms with Gasteiger partial charge in [-0.2, -0.15) is 0 Å². The molecule has 0 unspecified atom stereocenters. The molecule has 10 heteroatoms. The van der Waals surface area contributed by atoms with E-state index in [9.17, 15) is 24.2 Å². The summed E-state index contributed by atoms with van der Waals surface area (Å²) < 4.78 is 19.3. The van der Waals surface area contributed by atoms with Gasteiger partial charge in [0.05, 0.1) is 19.2 Å². The van der Waals surface area contributed by atoms with Crippen LogP contribution in [0.3, 0.4) is 0 Å². The summed E-state index contributed by atoms with van der Waals surface area (Å²) in [6, 6.07) is 6.13. The molecule has 1 aliphatic heterocycles. The van der Waals surface area contributed by atoms with E-state index in [1.165, 1.54) is 42.3 Å². The third-order valence-corrected chi connectivity index (χ3v) is 5.84. The second kappa shape index (κ2) is 11.8. The topological polar surface area (TPSA) is 115 Å². The van der Waals surface area contributed by atoms with E-state index < -0.39 is 30.1 Å². The van der Waals surface area contributed by atoms with E-state index in [-0.39, 0.29) is 43.0 Å². The zero-order valence-corrected chi connectivity index (χ0v) is 20.7. The summed E-state index contributed by atoms with van der Waals surface area (Å²) in [7, 11) is 1.61. The van der Waals surface area contributed by atoms with Gasteiger partial charge in [-0.25, -0.2) is 14.2 Å². The molecule has 0 aliphatic carbocycles. The largest absolute Gasteiger partial charge is 0.472 e. The number of likely N-dealkylation sites (N-methyl/N-ethyl adjacent to an activating group) is 1. The van der Waals surface area contributed by atoms with Gasteiger partial charge in [-0.3, -0.25) is 4.79 Å². The fourth-order valence-electron chi connectivity index (χ4n) is 3.68. The van der Waals surface area contributed by atoms with Gasteiger partial charge in [-0.1, -0.05) is 18.8 Å². The van der Waals surface area contributed by atoms with Crippen molar-refractivity contribution in [2.45, 2.75) is 39.0 Å². The number of fused-ring (bicyclic) bond motifs is 1. The van der Waals surface area contributed by atoms with Crippen molar-refractivity contribution in [1.29, 1.82) is 0 Å². The summed E-state index contributed by atoms with van der Waals surface area (Å²) >= 11 is 0. The molecule has 9 nitrogen and oxygen atoms in total. The summed E-state index contributed by atoms with van der Waals surface area (Å²) in [5.74, 6) is 4.53. The Morgan fingerprint density at radius 2 is 2.06 bits per heavy atom. The molecular formula is C26H31FN4O5. The predicted molar refractivity (Wildman–Crippen MR) is 132 cm³/mol. The van der Waals surface area contributed by atoms with E-state index in [0.717, 1.165) is 0 Å². The van der Waals surface area contributed by atoms with E-state index >= 15 is 0 Å². The maximum Gasteiger partial charge on any atom is 0.321 e. The average Bonchev–Trinajstić information content (AvgIpc) is 2.85. The Bertz CT molecular complexity index is 1150.